The second-order valence-electron chi connectivity index (χ2n) is 8.07. The molecular weight excluding hydrogens is 448 g/mol. The average Bonchev–Trinajstić information content (AvgIpc) is 2.79. The minimum absolute atomic E-state index is 0.0708. The topological polar surface area (TPSA) is 227 Å². The molecule has 0 fully saturated rings. The summed E-state index contributed by atoms with van der Waals surface area (Å²) < 4.78 is 15.0. The summed E-state index contributed by atoms with van der Waals surface area (Å²) in [6, 6.07) is -1.31. The van der Waals surface area contributed by atoms with Gasteiger partial charge in [0, 0.05) is 6.04 Å². The van der Waals surface area contributed by atoms with Crippen molar-refractivity contribution in [2.24, 2.45) is 22.9 Å². The van der Waals surface area contributed by atoms with Gasteiger partial charge in [-0.1, -0.05) is 19.3 Å². The Morgan fingerprint density at radius 2 is 1.06 bits per heavy atom. The van der Waals surface area contributed by atoms with E-state index < -0.39 is 30.4 Å². The van der Waals surface area contributed by atoms with E-state index in [1.54, 1.807) is 0 Å². The molecule has 0 radical (unpaired) electrons. The van der Waals surface area contributed by atoms with E-state index in [-0.39, 0.29) is 25.9 Å². The van der Waals surface area contributed by atoms with E-state index in [4.69, 9.17) is 37.5 Å². The Morgan fingerprint density at radius 3 is 1.50 bits per heavy atom. The fraction of sp³-hybridized carbons (Fsp3) is 0.857. The summed E-state index contributed by atoms with van der Waals surface area (Å²) in [5.74, 6) is 0. The molecule has 0 unspecified atom stereocenters. The molecule has 0 saturated heterocycles. The first-order chi connectivity index (χ1) is 16.3. The van der Waals surface area contributed by atoms with Gasteiger partial charge in [-0.05, 0) is 58.2 Å². The van der Waals surface area contributed by atoms with E-state index in [0.717, 1.165) is 32.1 Å². The summed E-state index contributed by atoms with van der Waals surface area (Å²) in [7, 11) is 0. The average molecular weight is 493 g/mol. The van der Waals surface area contributed by atoms with Crippen LogP contribution in [0.25, 0.3) is 0 Å². The first kappa shape index (κ1) is 31.6. The SMILES string of the molecule is NCCCC[C@H](N)COC(=O)N[C@@H](CCCCN)COC(=O)N[C@H](CCCCN)COC(=O)O. The lowest BCUT2D eigenvalue weighted by molar-refractivity contribution is 0.0762. The third-order valence-corrected chi connectivity index (χ3v) is 4.94. The Kier molecular flexibility index (Phi) is 19.7. The molecule has 0 aliphatic carbocycles. The number of nitrogens with one attached hydrogen (secondary N) is 2. The van der Waals surface area contributed by atoms with E-state index >= 15 is 0 Å². The minimum Gasteiger partial charge on any atom is -0.450 e. The number of hydrogen-bond acceptors (Lipinski definition) is 10. The lowest BCUT2D eigenvalue weighted by atomic mass is 10.1. The molecule has 13 heteroatoms. The number of rotatable bonds is 20. The number of carboxylic acid groups (broad SMARTS) is 1. The fourth-order valence-corrected chi connectivity index (χ4v) is 3.05. The van der Waals surface area contributed by atoms with Crippen LogP contribution in [0.3, 0.4) is 0 Å². The summed E-state index contributed by atoms with van der Waals surface area (Å²) in [5, 5.41) is 14.0. The first-order valence-corrected chi connectivity index (χ1v) is 11.9. The van der Waals surface area contributed by atoms with Gasteiger partial charge < -0.3 is 52.9 Å². The largest absolute Gasteiger partial charge is 0.505 e. The number of nitrogens with two attached hydrogens (primary N) is 4. The normalized spacial score (nSPS) is 13.4. The van der Waals surface area contributed by atoms with Crippen molar-refractivity contribution in [3.63, 3.8) is 0 Å². The molecule has 0 spiro atoms. The molecule has 3 atom stereocenters. The Labute approximate surface area is 201 Å². The smallest absolute Gasteiger partial charge is 0.450 e. The van der Waals surface area contributed by atoms with Crippen LogP contribution in [-0.2, 0) is 14.2 Å². The van der Waals surface area contributed by atoms with Gasteiger partial charge in [-0.25, -0.2) is 14.4 Å². The molecule has 11 N–H and O–H groups in total. The van der Waals surface area contributed by atoms with Crippen molar-refractivity contribution in [3.8, 4) is 0 Å². The quantitative estimate of drug-likeness (QED) is 0.0706. The van der Waals surface area contributed by atoms with Crippen LogP contribution in [0.15, 0.2) is 0 Å². The maximum Gasteiger partial charge on any atom is 0.505 e. The molecule has 0 aromatic carbocycles. The zero-order valence-corrected chi connectivity index (χ0v) is 20.0. The summed E-state index contributed by atoms with van der Waals surface area (Å²) >= 11 is 0. The second-order valence-corrected chi connectivity index (χ2v) is 8.07. The van der Waals surface area contributed by atoms with Gasteiger partial charge in [-0.15, -0.1) is 0 Å². The highest BCUT2D eigenvalue weighted by Crippen LogP contribution is 2.05. The number of ether oxygens (including phenoxy) is 3. The Bertz CT molecular complexity index is 556. The van der Waals surface area contributed by atoms with Crippen molar-refractivity contribution in [2.45, 2.75) is 75.9 Å². The van der Waals surface area contributed by atoms with Crippen LogP contribution in [0.5, 0.6) is 0 Å². The van der Waals surface area contributed by atoms with Gasteiger partial charge in [0.15, 0.2) is 0 Å². The van der Waals surface area contributed by atoms with Crippen molar-refractivity contribution >= 4 is 18.3 Å². The molecule has 200 valence electrons. The van der Waals surface area contributed by atoms with E-state index in [0.29, 0.717) is 45.3 Å². The van der Waals surface area contributed by atoms with Crippen LogP contribution in [0.2, 0.25) is 0 Å². The van der Waals surface area contributed by atoms with Gasteiger partial charge in [-0.2, -0.15) is 0 Å². The zero-order valence-electron chi connectivity index (χ0n) is 20.0. The van der Waals surface area contributed by atoms with Crippen LogP contribution in [0, 0.1) is 0 Å². The van der Waals surface area contributed by atoms with Crippen LogP contribution < -0.4 is 33.6 Å². The molecule has 0 rings (SSSR count). The fourth-order valence-electron chi connectivity index (χ4n) is 3.05. The first-order valence-electron chi connectivity index (χ1n) is 11.9. The zero-order chi connectivity index (χ0) is 25.6. The van der Waals surface area contributed by atoms with Crippen LogP contribution >= 0.6 is 0 Å². The lowest BCUT2D eigenvalue weighted by Gasteiger charge is -2.21. The Balaban J connectivity index is 4.61. The van der Waals surface area contributed by atoms with Gasteiger partial charge in [-0.3, -0.25) is 0 Å². The van der Waals surface area contributed by atoms with Crippen molar-refractivity contribution in [1.29, 1.82) is 0 Å². The molecule has 0 aliphatic rings. The molecule has 34 heavy (non-hydrogen) atoms. The van der Waals surface area contributed by atoms with E-state index in [9.17, 15) is 14.4 Å². The van der Waals surface area contributed by atoms with Gasteiger partial charge in [0.1, 0.15) is 19.8 Å². The number of carbonyl (C=O) groups excluding carboxylic acids is 2. The molecule has 13 nitrogen and oxygen atoms in total. The number of carbonyl (C=O) groups is 3. The van der Waals surface area contributed by atoms with E-state index in [2.05, 4.69) is 15.4 Å². The molecule has 0 saturated carbocycles. The number of amides is 2. The summed E-state index contributed by atoms with van der Waals surface area (Å²) in [6.07, 6.45) is 3.50. The van der Waals surface area contributed by atoms with Gasteiger partial charge in [0.2, 0.25) is 0 Å². The molecule has 0 aliphatic heterocycles. The standard InChI is InChI=1S/C21H44N6O7/c22-10-4-1-7-16(25)13-32-19(28)26-17(8-2-5-11-23)14-33-20(29)27-18(9-3-6-12-24)15-34-21(30)31/h16-18H,1-15,22-25H2,(H,26,28)(H,27,29)(H,30,31)/t16-,17-,18+/m0/s1. The van der Waals surface area contributed by atoms with Crippen LogP contribution in [0.4, 0.5) is 14.4 Å². The van der Waals surface area contributed by atoms with Gasteiger partial charge >= 0.3 is 18.3 Å². The third kappa shape index (κ3) is 19.1. The van der Waals surface area contributed by atoms with Gasteiger partial charge in [0.25, 0.3) is 0 Å². The molecule has 0 aromatic heterocycles. The van der Waals surface area contributed by atoms with Crippen LogP contribution in [-0.4, -0.2) is 81.0 Å². The second kappa shape index (κ2) is 21.2. The maximum atomic E-state index is 12.2. The molecule has 2 amide bonds. The van der Waals surface area contributed by atoms with Crippen LogP contribution in [0.1, 0.15) is 57.8 Å². The predicted octanol–water partition coefficient (Wildman–Crippen LogP) is 0.585. The van der Waals surface area contributed by atoms with Crippen molar-refractivity contribution in [1.82, 2.24) is 10.6 Å². The summed E-state index contributed by atoms with van der Waals surface area (Å²) in [6.45, 7) is 1.36. The van der Waals surface area contributed by atoms with Crippen molar-refractivity contribution in [3.05, 3.63) is 0 Å². The Morgan fingerprint density at radius 1 is 0.647 bits per heavy atom. The predicted molar refractivity (Wildman–Crippen MR) is 127 cm³/mol. The van der Waals surface area contributed by atoms with Crippen molar-refractivity contribution < 1.29 is 33.7 Å². The Hall–Kier alpha value is -2.35. The van der Waals surface area contributed by atoms with E-state index in [1.165, 1.54) is 0 Å². The van der Waals surface area contributed by atoms with Gasteiger partial charge in [0.05, 0.1) is 12.1 Å². The summed E-state index contributed by atoms with van der Waals surface area (Å²) in [4.78, 5) is 35.1. The number of hydrogen-bond donors (Lipinski definition) is 7. The molecule has 0 heterocycles. The number of alkyl carbamates (subject to hydrolysis) is 2. The third-order valence-electron chi connectivity index (χ3n) is 4.94. The number of unbranched alkanes of at least 4 members (excludes halogenated alkanes) is 3. The highest BCUT2D eigenvalue weighted by molar-refractivity contribution is 5.69. The maximum absolute atomic E-state index is 12.2. The monoisotopic (exact) mass is 492 g/mol. The molecule has 0 aromatic rings. The summed E-state index contributed by atoms with van der Waals surface area (Å²) in [5.41, 5.74) is 22.4. The van der Waals surface area contributed by atoms with E-state index in [1.807, 2.05) is 0 Å². The minimum atomic E-state index is -1.43. The highest BCUT2D eigenvalue weighted by atomic mass is 16.7. The molecule has 0 bridgehead atoms. The lowest BCUT2D eigenvalue weighted by Crippen LogP contribution is -2.43. The highest BCUT2D eigenvalue weighted by Gasteiger charge is 2.19. The molecular formula is C21H44N6O7. The van der Waals surface area contributed by atoms with Crippen molar-refractivity contribution in [2.75, 3.05) is 39.5 Å².